The van der Waals surface area contributed by atoms with Gasteiger partial charge in [-0.05, 0) is 18.2 Å². The van der Waals surface area contributed by atoms with Gasteiger partial charge in [0.2, 0.25) is 5.91 Å². The fraction of sp³-hybridized carbons (Fsp3) is 0.0800. The molecule has 1 amide bonds. The maximum atomic E-state index is 12.5. The SMILES string of the molecule is COc1cccc(NC(=O)CSc2nc(-c3ccccc3)cc(-c3ccccc3)n2)c1. The van der Waals surface area contributed by atoms with E-state index in [2.05, 4.69) is 15.3 Å². The number of carbonyl (C=O) groups excluding carboxylic acids is 1. The Kier molecular flexibility index (Phi) is 6.59. The number of nitrogens with zero attached hydrogens (tertiary/aromatic N) is 2. The van der Waals surface area contributed by atoms with Gasteiger partial charge in [-0.3, -0.25) is 4.79 Å². The molecule has 0 unspecified atom stereocenters. The Morgan fingerprint density at radius 3 is 2.03 bits per heavy atom. The topological polar surface area (TPSA) is 64.1 Å². The number of aromatic nitrogens is 2. The van der Waals surface area contributed by atoms with E-state index in [9.17, 15) is 4.79 Å². The molecule has 31 heavy (non-hydrogen) atoms. The predicted octanol–water partition coefficient (Wildman–Crippen LogP) is 5.55. The lowest BCUT2D eigenvalue weighted by Crippen LogP contribution is -2.14. The van der Waals surface area contributed by atoms with Crippen molar-refractivity contribution >= 4 is 23.4 Å². The lowest BCUT2D eigenvalue weighted by molar-refractivity contribution is -0.113. The molecule has 0 atom stereocenters. The van der Waals surface area contributed by atoms with Gasteiger partial charge in [0.1, 0.15) is 5.75 Å². The molecule has 0 fully saturated rings. The van der Waals surface area contributed by atoms with Crippen molar-refractivity contribution in [1.29, 1.82) is 0 Å². The highest BCUT2D eigenvalue weighted by Crippen LogP contribution is 2.27. The molecular formula is C25H21N3O2S. The number of hydrogen-bond acceptors (Lipinski definition) is 5. The van der Waals surface area contributed by atoms with Crippen molar-refractivity contribution in [2.75, 3.05) is 18.2 Å². The first kappa shape index (κ1) is 20.6. The molecule has 1 N–H and O–H groups in total. The minimum Gasteiger partial charge on any atom is -0.497 e. The lowest BCUT2D eigenvalue weighted by atomic mass is 10.1. The normalized spacial score (nSPS) is 10.5. The van der Waals surface area contributed by atoms with E-state index < -0.39 is 0 Å². The number of methoxy groups -OCH3 is 1. The summed E-state index contributed by atoms with van der Waals surface area (Å²) < 4.78 is 5.20. The van der Waals surface area contributed by atoms with E-state index in [0.29, 0.717) is 16.6 Å². The monoisotopic (exact) mass is 427 g/mol. The molecule has 4 rings (SSSR count). The largest absolute Gasteiger partial charge is 0.497 e. The number of nitrogens with one attached hydrogen (secondary N) is 1. The summed E-state index contributed by atoms with van der Waals surface area (Å²) in [6, 6.07) is 29.2. The quantitative estimate of drug-likeness (QED) is 0.309. The van der Waals surface area contributed by atoms with Gasteiger partial charge in [0.25, 0.3) is 0 Å². The van der Waals surface area contributed by atoms with Crippen LogP contribution in [0.1, 0.15) is 0 Å². The highest BCUT2D eigenvalue weighted by molar-refractivity contribution is 7.99. The Balaban J connectivity index is 1.55. The minimum atomic E-state index is -0.131. The fourth-order valence-electron chi connectivity index (χ4n) is 3.03. The maximum absolute atomic E-state index is 12.5. The molecule has 0 aliphatic carbocycles. The van der Waals surface area contributed by atoms with Crippen LogP contribution in [0.5, 0.6) is 5.75 Å². The summed E-state index contributed by atoms with van der Waals surface area (Å²) in [6.45, 7) is 0. The van der Waals surface area contributed by atoms with Gasteiger partial charge in [0.05, 0.1) is 24.3 Å². The van der Waals surface area contributed by atoms with Crippen LogP contribution in [0.25, 0.3) is 22.5 Å². The van der Waals surface area contributed by atoms with Gasteiger partial charge in [-0.1, -0.05) is 78.5 Å². The summed E-state index contributed by atoms with van der Waals surface area (Å²) >= 11 is 1.31. The summed E-state index contributed by atoms with van der Waals surface area (Å²) in [5.41, 5.74) is 4.35. The van der Waals surface area contributed by atoms with Crippen LogP contribution in [0.4, 0.5) is 5.69 Å². The van der Waals surface area contributed by atoms with Crippen molar-refractivity contribution in [3.63, 3.8) is 0 Å². The van der Waals surface area contributed by atoms with E-state index in [0.717, 1.165) is 22.5 Å². The van der Waals surface area contributed by atoms with Crippen LogP contribution in [-0.2, 0) is 4.79 Å². The number of ether oxygens (including phenoxy) is 1. The van der Waals surface area contributed by atoms with E-state index in [1.54, 1.807) is 13.2 Å². The van der Waals surface area contributed by atoms with Gasteiger partial charge in [-0.2, -0.15) is 0 Å². The third kappa shape index (κ3) is 5.49. The Hall–Kier alpha value is -3.64. The first-order chi connectivity index (χ1) is 15.2. The number of benzene rings is 3. The number of rotatable bonds is 7. The third-order valence-corrected chi connectivity index (χ3v) is 5.38. The number of hydrogen-bond donors (Lipinski definition) is 1. The van der Waals surface area contributed by atoms with Crippen LogP contribution in [0, 0.1) is 0 Å². The highest BCUT2D eigenvalue weighted by Gasteiger charge is 2.11. The van der Waals surface area contributed by atoms with Gasteiger partial charge >= 0.3 is 0 Å². The van der Waals surface area contributed by atoms with Crippen LogP contribution in [0.2, 0.25) is 0 Å². The first-order valence-corrected chi connectivity index (χ1v) is 10.8. The zero-order chi connectivity index (χ0) is 21.5. The molecule has 4 aromatic rings. The van der Waals surface area contributed by atoms with Gasteiger partial charge in [0, 0.05) is 22.9 Å². The smallest absolute Gasteiger partial charge is 0.234 e. The fourth-order valence-corrected chi connectivity index (χ4v) is 3.69. The number of carbonyl (C=O) groups is 1. The van der Waals surface area contributed by atoms with Crippen LogP contribution in [0.3, 0.4) is 0 Å². The van der Waals surface area contributed by atoms with Crippen LogP contribution in [0.15, 0.2) is 96.2 Å². The first-order valence-electron chi connectivity index (χ1n) is 9.78. The minimum absolute atomic E-state index is 0.131. The molecular weight excluding hydrogens is 406 g/mol. The van der Waals surface area contributed by atoms with E-state index in [1.807, 2.05) is 84.9 Å². The maximum Gasteiger partial charge on any atom is 0.234 e. The highest BCUT2D eigenvalue weighted by atomic mass is 32.2. The van der Waals surface area contributed by atoms with Crippen molar-refractivity contribution < 1.29 is 9.53 Å². The Morgan fingerprint density at radius 2 is 1.45 bits per heavy atom. The van der Waals surface area contributed by atoms with Crippen molar-refractivity contribution in [1.82, 2.24) is 9.97 Å². The molecule has 0 aliphatic heterocycles. The summed E-state index contributed by atoms with van der Waals surface area (Å²) in [7, 11) is 1.60. The molecule has 0 radical (unpaired) electrons. The summed E-state index contributed by atoms with van der Waals surface area (Å²) in [6.07, 6.45) is 0. The van der Waals surface area contributed by atoms with Crippen molar-refractivity contribution in [3.05, 3.63) is 91.0 Å². The summed E-state index contributed by atoms with van der Waals surface area (Å²) in [5, 5.41) is 3.44. The molecule has 5 nitrogen and oxygen atoms in total. The van der Waals surface area contributed by atoms with Gasteiger partial charge in [-0.15, -0.1) is 0 Å². The van der Waals surface area contributed by atoms with Crippen molar-refractivity contribution in [3.8, 4) is 28.3 Å². The summed E-state index contributed by atoms with van der Waals surface area (Å²) in [4.78, 5) is 21.8. The van der Waals surface area contributed by atoms with E-state index in [-0.39, 0.29) is 11.7 Å². The Bertz CT molecular complexity index is 1110. The van der Waals surface area contributed by atoms with Crippen molar-refractivity contribution in [2.45, 2.75) is 5.16 Å². The third-order valence-electron chi connectivity index (χ3n) is 4.53. The molecule has 1 aromatic heterocycles. The molecule has 0 aliphatic rings. The van der Waals surface area contributed by atoms with Crippen molar-refractivity contribution in [2.24, 2.45) is 0 Å². The second-order valence-electron chi connectivity index (χ2n) is 6.72. The number of thioether (sulfide) groups is 1. The van der Waals surface area contributed by atoms with Crippen LogP contribution in [-0.4, -0.2) is 28.7 Å². The standard InChI is InChI=1S/C25H21N3O2S/c1-30-21-14-8-13-20(15-21)26-24(29)17-31-25-27-22(18-9-4-2-5-10-18)16-23(28-25)19-11-6-3-7-12-19/h2-16H,17H2,1H3,(H,26,29). The molecule has 0 bridgehead atoms. The molecule has 6 heteroatoms. The number of amides is 1. The molecule has 3 aromatic carbocycles. The van der Waals surface area contributed by atoms with Crippen LogP contribution < -0.4 is 10.1 Å². The van der Waals surface area contributed by atoms with E-state index >= 15 is 0 Å². The molecule has 0 saturated heterocycles. The molecule has 0 spiro atoms. The predicted molar refractivity (Wildman–Crippen MR) is 125 cm³/mol. The zero-order valence-corrected chi connectivity index (χ0v) is 17.8. The van der Waals surface area contributed by atoms with E-state index in [4.69, 9.17) is 4.74 Å². The van der Waals surface area contributed by atoms with Crippen LogP contribution >= 0.6 is 11.8 Å². The second kappa shape index (κ2) is 9.91. The molecule has 154 valence electrons. The van der Waals surface area contributed by atoms with Gasteiger partial charge in [-0.25, -0.2) is 9.97 Å². The number of anilines is 1. The average Bonchev–Trinajstić information content (AvgIpc) is 2.84. The molecule has 1 heterocycles. The van der Waals surface area contributed by atoms with Gasteiger partial charge < -0.3 is 10.1 Å². The zero-order valence-electron chi connectivity index (χ0n) is 17.0. The Morgan fingerprint density at radius 1 is 0.839 bits per heavy atom. The average molecular weight is 428 g/mol. The second-order valence-corrected chi connectivity index (χ2v) is 7.66. The molecule has 0 saturated carbocycles. The lowest BCUT2D eigenvalue weighted by Gasteiger charge is -2.09. The van der Waals surface area contributed by atoms with E-state index in [1.165, 1.54) is 11.8 Å². The summed E-state index contributed by atoms with van der Waals surface area (Å²) in [5.74, 6) is 0.758. The Labute approximate surface area is 185 Å². The van der Waals surface area contributed by atoms with Gasteiger partial charge in [0.15, 0.2) is 5.16 Å².